The molecule has 0 spiro atoms. The summed E-state index contributed by atoms with van der Waals surface area (Å²) < 4.78 is 4.98. The van der Waals surface area contributed by atoms with Crippen molar-refractivity contribution in [1.29, 1.82) is 0 Å². The van der Waals surface area contributed by atoms with E-state index in [1.54, 1.807) is 0 Å². The second-order valence-corrected chi connectivity index (χ2v) is 12.8. The Kier molecular flexibility index (Phi) is 26.7. The van der Waals surface area contributed by atoms with E-state index in [1.807, 2.05) is 0 Å². The fourth-order valence-electron chi connectivity index (χ4n) is 6.14. The minimum atomic E-state index is 1.20. The van der Waals surface area contributed by atoms with E-state index in [9.17, 15) is 0 Å². The van der Waals surface area contributed by atoms with E-state index in [0.717, 1.165) is 0 Å². The van der Waals surface area contributed by atoms with Crippen LogP contribution in [-0.2, 0) is 13.1 Å². The molecular formula is C37H73N2+. The zero-order chi connectivity index (χ0) is 28.1. The Bertz CT molecular complexity index is 605. The molecule has 0 aliphatic rings. The van der Waals surface area contributed by atoms with Crippen LogP contribution in [0.4, 0.5) is 0 Å². The van der Waals surface area contributed by atoms with Crippen LogP contribution < -0.4 is 4.57 Å². The third-order valence-electron chi connectivity index (χ3n) is 9.01. The highest BCUT2D eigenvalue weighted by molar-refractivity contribution is 4.79. The Balaban J connectivity index is 1.87. The fourth-order valence-corrected chi connectivity index (χ4v) is 6.14. The number of hydrogen-bond donors (Lipinski definition) is 0. The van der Waals surface area contributed by atoms with Crippen LogP contribution in [0.2, 0.25) is 0 Å². The summed E-state index contributed by atoms with van der Waals surface area (Å²) in [4.78, 5) is 0. The summed E-state index contributed by atoms with van der Waals surface area (Å²) in [5, 5.41) is 0. The molecular weight excluding hydrogens is 472 g/mol. The van der Waals surface area contributed by atoms with Crippen LogP contribution in [0, 0.1) is 6.92 Å². The molecule has 0 fully saturated rings. The molecule has 0 saturated carbocycles. The van der Waals surface area contributed by atoms with Crippen molar-refractivity contribution in [2.75, 3.05) is 0 Å². The number of aromatic nitrogens is 2. The molecule has 0 unspecified atom stereocenters. The van der Waals surface area contributed by atoms with E-state index in [2.05, 4.69) is 42.3 Å². The molecule has 0 amide bonds. The van der Waals surface area contributed by atoms with Crippen LogP contribution in [0.25, 0.3) is 0 Å². The predicted octanol–water partition coefficient (Wildman–Crippen LogP) is 12.4. The third-order valence-corrected chi connectivity index (χ3v) is 9.01. The largest absolute Gasteiger partial charge is 0.253 e. The second kappa shape index (κ2) is 28.7. The first-order valence-corrected chi connectivity index (χ1v) is 18.3. The van der Waals surface area contributed by atoms with Gasteiger partial charge in [-0.15, -0.1) is 0 Å². The molecule has 0 radical (unpaired) electrons. The van der Waals surface area contributed by atoms with Crippen molar-refractivity contribution in [3.8, 4) is 0 Å². The van der Waals surface area contributed by atoms with Gasteiger partial charge in [-0.25, -0.2) is 9.13 Å². The molecule has 0 bridgehead atoms. The maximum atomic E-state index is 2.49. The highest BCUT2D eigenvalue weighted by Crippen LogP contribution is 2.15. The molecule has 230 valence electrons. The van der Waals surface area contributed by atoms with Gasteiger partial charge in [0.05, 0.1) is 13.1 Å². The van der Waals surface area contributed by atoms with E-state index >= 15 is 0 Å². The Morgan fingerprint density at radius 3 is 1.10 bits per heavy atom. The second-order valence-electron chi connectivity index (χ2n) is 12.8. The third kappa shape index (κ3) is 22.6. The predicted molar refractivity (Wildman–Crippen MR) is 175 cm³/mol. The maximum absolute atomic E-state index is 2.49. The average Bonchev–Trinajstić information content (AvgIpc) is 3.29. The van der Waals surface area contributed by atoms with E-state index in [4.69, 9.17) is 0 Å². The normalized spacial score (nSPS) is 11.6. The topological polar surface area (TPSA) is 8.81 Å². The first-order chi connectivity index (χ1) is 19.3. The summed E-state index contributed by atoms with van der Waals surface area (Å²) >= 11 is 0. The zero-order valence-electron chi connectivity index (χ0n) is 27.5. The van der Waals surface area contributed by atoms with Crippen molar-refractivity contribution >= 4 is 0 Å². The fraction of sp³-hybridized carbons (Fsp3) is 0.919. The number of rotatable bonds is 31. The average molecular weight is 546 g/mol. The minimum absolute atomic E-state index is 1.20. The van der Waals surface area contributed by atoms with Gasteiger partial charge in [0.15, 0.2) is 0 Å². The molecule has 1 rings (SSSR count). The number of aryl methyl sites for hydroxylation is 2. The van der Waals surface area contributed by atoms with Crippen LogP contribution in [0.1, 0.15) is 206 Å². The zero-order valence-corrected chi connectivity index (χ0v) is 27.5. The lowest BCUT2D eigenvalue weighted by Crippen LogP contribution is -2.35. The highest BCUT2D eigenvalue weighted by atomic mass is 15.1. The Labute approximate surface area is 247 Å². The lowest BCUT2D eigenvalue weighted by atomic mass is 10.0. The van der Waals surface area contributed by atoms with Crippen molar-refractivity contribution in [2.45, 2.75) is 220 Å². The van der Waals surface area contributed by atoms with E-state index in [1.165, 1.54) is 205 Å². The molecule has 0 saturated heterocycles. The summed E-state index contributed by atoms with van der Waals surface area (Å²) in [7, 11) is 0. The number of nitrogens with zero attached hydrogens (tertiary/aromatic N) is 2. The lowest BCUT2D eigenvalue weighted by Gasteiger charge is -2.04. The van der Waals surface area contributed by atoms with Gasteiger partial charge in [-0.2, -0.15) is 0 Å². The van der Waals surface area contributed by atoms with Crippen LogP contribution in [-0.4, -0.2) is 4.57 Å². The Morgan fingerprint density at radius 2 is 0.744 bits per heavy atom. The summed E-state index contributed by atoms with van der Waals surface area (Å²) in [6.07, 6.45) is 46.4. The summed E-state index contributed by atoms with van der Waals surface area (Å²) in [5.41, 5.74) is 0. The molecule has 0 aliphatic carbocycles. The van der Waals surface area contributed by atoms with Gasteiger partial charge in [0.2, 0.25) is 0 Å². The summed E-state index contributed by atoms with van der Waals surface area (Å²) in [5.74, 6) is 1.45. The van der Waals surface area contributed by atoms with Crippen LogP contribution in [0.3, 0.4) is 0 Å². The van der Waals surface area contributed by atoms with E-state index in [-0.39, 0.29) is 0 Å². The van der Waals surface area contributed by atoms with Crippen molar-refractivity contribution in [1.82, 2.24) is 4.57 Å². The quantitative estimate of drug-likeness (QED) is 0.0648. The number of hydrogen-bond acceptors (Lipinski definition) is 0. The smallest absolute Gasteiger partial charge is 0.234 e. The first-order valence-electron chi connectivity index (χ1n) is 18.3. The standard InChI is InChI=1S/C37H73N2/c1-4-6-8-10-12-14-16-18-20-22-24-26-28-30-32-34-39-36-35-38(37(39)3)33-31-29-27-25-23-21-19-17-15-13-11-9-7-5-2/h35-36H,4-34H2,1-3H3/q+1. The van der Waals surface area contributed by atoms with Crippen molar-refractivity contribution < 1.29 is 4.57 Å². The van der Waals surface area contributed by atoms with Crippen LogP contribution in [0.5, 0.6) is 0 Å². The molecule has 0 N–H and O–H groups in total. The first kappa shape index (κ1) is 36.2. The lowest BCUT2D eigenvalue weighted by molar-refractivity contribution is -0.702. The van der Waals surface area contributed by atoms with Gasteiger partial charge in [-0.05, 0) is 25.7 Å². The molecule has 1 aromatic rings. The highest BCUT2D eigenvalue weighted by Gasteiger charge is 2.11. The van der Waals surface area contributed by atoms with E-state index < -0.39 is 0 Å². The van der Waals surface area contributed by atoms with E-state index in [0.29, 0.717) is 0 Å². The SMILES string of the molecule is CCCCCCCCCCCCCCCCC[n+]1ccn(CCCCCCCCCCCCCCCC)c1C. The molecule has 39 heavy (non-hydrogen) atoms. The van der Waals surface area contributed by atoms with Gasteiger partial charge in [0.1, 0.15) is 12.4 Å². The maximum Gasteiger partial charge on any atom is 0.253 e. The summed E-state index contributed by atoms with van der Waals surface area (Å²) in [6, 6.07) is 0. The minimum Gasteiger partial charge on any atom is -0.234 e. The molecule has 0 atom stereocenters. The van der Waals surface area contributed by atoms with Gasteiger partial charge >= 0.3 is 0 Å². The number of imidazole rings is 1. The van der Waals surface area contributed by atoms with Gasteiger partial charge in [-0.3, -0.25) is 0 Å². The molecule has 0 aliphatic heterocycles. The number of unbranched alkanes of at least 4 members (excludes halogenated alkanes) is 27. The van der Waals surface area contributed by atoms with Gasteiger partial charge in [0, 0.05) is 6.92 Å². The molecule has 1 heterocycles. The Morgan fingerprint density at radius 1 is 0.436 bits per heavy atom. The van der Waals surface area contributed by atoms with Gasteiger partial charge in [0.25, 0.3) is 5.82 Å². The monoisotopic (exact) mass is 546 g/mol. The van der Waals surface area contributed by atoms with Crippen LogP contribution in [0.15, 0.2) is 12.4 Å². The van der Waals surface area contributed by atoms with Crippen molar-refractivity contribution in [3.05, 3.63) is 18.2 Å². The Hall–Kier alpha value is -0.790. The van der Waals surface area contributed by atoms with Crippen LogP contribution >= 0.6 is 0 Å². The van der Waals surface area contributed by atoms with Gasteiger partial charge < -0.3 is 0 Å². The van der Waals surface area contributed by atoms with Crippen molar-refractivity contribution in [2.24, 2.45) is 0 Å². The molecule has 2 heteroatoms. The molecule has 2 nitrogen and oxygen atoms in total. The van der Waals surface area contributed by atoms with Gasteiger partial charge in [-0.1, -0.05) is 174 Å². The summed E-state index contributed by atoms with van der Waals surface area (Å²) in [6.45, 7) is 9.33. The molecule has 1 aromatic heterocycles. The molecule has 0 aromatic carbocycles. The van der Waals surface area contributed by atoms with Crippen molar-refractivity contribution in [3.63, 3.8) is 0 Å².